The van der Waals surface area contributed by atoms with Gasteiger partial charge in [-0.1, -0.05) is 38.1 Å². The number of nitrogens with two attached hydrogens (primary N) is 1. The van der Waals surface area contributed by atoms with Crippen molar-refractivity contribution < 1.29 is 4.79 Å². The Kier molecular flexibility index (Phi) is 8.07. The summed E-state index contributed by atoms with van der Waals surface area (Å²) in [6.07, 6.45) is 4.86. The van der Waals surface area contributed by atoms with Crippen molar-refractivity contribution in [2.75, 3.05) is 13.6 Å². The van der Waals surface area contributed by atoms with Gasteiger partial charge in [-0.2, -0.15) is 0 Å². The first-order chi connectivity index (χ1) is 10.5. The summed E-state index contributed by atoms with van der Waals surface area (Å²) in [5.41, 5.74) is 8.93. The Balaban J connectivity index is 0.00000264. The van der Waals surface area contributed by atoms with Gasteiger partial charge in [0.2, 0.25) is 5.91 Å². The fourth-order valence-electron chi connectivity index (χ4n) is 3.19. The number of amides is 1. The van der Waals surface area contributed by atoms with E-state index in [0.717, 1.165) is 38.6 Å². The first-order valence-electron chi connectivity index (χ1n) is 8.56. The molecule has 0 radical (unpaired) electrons. The molecule has 0 saturated heterocycles. The van der Waals surface area contributed by atoms with Crippen LogP contribution in [-0.2, 0) is 17.6 Å². The summed E-state index contributed by atoms with van der Waals surface area (Å²) in [5.74, 6) is 0.923. The molecular formula is C19H31ClN2O. The van der Waals surface area contributed by atoms with Crippen molar-refractivity contribution in [2.45, 2.75) is 52.0 Å². The second kappa shape index (κ2) is 9.29. The molecule has 130 valence electrons. The number of carbonyl (C=O) groups is 1. The van der Waals surface area contributed by atoms with Gasteiger partial charge in [-0.25, -0.2) is 0 Å². The maximum atomic E-state index is 12.7. The van der Waals surface area contributed by atoms with E-state index in [0.29, 0.717) is 11.8 Å². The number of rotatable bonds is 5. The highest BCUT2D eigenvalue weighted by Crippen LogP contribution is 2.25. The van der Waals surface area contributed by atoms with Crippen LogP contribution >= 0.6 is 12.4 Å². The highest BCUT2D eigenvalue weighted by molar-refractivity contribution is 5.85. The van der Waals surface area contributed by atoms with Crippen LogP contribution in [0.15, 0.2) is 24.3 Å². The molecule has 1 aromatic rings. The Morgan fingerprint density at radius 2 is 1.74 bits per heavy atom. The van der Waals surface area contributed by atoms with Crippen molar-refractivity contribution in [3.63, 3.8) is 0 Å². The molecule has 2 rings (SSSR count). The number of nitrogens with zero attached hydrogens (tertiary/aromatic N) is 1. The largest absolute Gasteiger partial charge is 0.345 e. The normalized spacial score (nSPS) is 16.2. The third kappa shape index (κ3) is 5.50. The molecule has 3 nitrogen and oxygen atoms in total. The van der Waals surface area contributed by atoms with Crippen LogP contribution in [0, 0.1) is 11.8 Å². The van der Waals surface area contributed by atoms with Crippen LogP contribution in [0.4, 0.5) is 0 Å². The molecular weight excluding hydrogens is 308 g/mol. The summed E-state index contributed by atoms with van der Waals surface area (Å²) in [7, 11) is 1.92. The molecule has 1 aromatic carbocycles. The summed E-state index contributed by atoms with van der Waals surface area (Å²) < 4.78 is 0. The van der Waals surface area contributed by atoms with E-state index in [4.69, 9.17) is 5.73 Å². The molecule has 0 spiro atoms. The Hall–Kier alpha value is -1.06. The third-order valence-electron chi connectivity index (χ3n) is 5.02. The molecule has 0 fully saturated rings. The minimum absolute atomic E-state index is 0. The lowest BCUT2D eigenvalue weighted by atomic mass is 9.97. The zero-order valence-electron chi connectivity index (χ0n) is 14.6. The van der Waals surface area contributed by atoms with Crippen LogP contribution in [0.25, 0.3) is 0 Å². The number of benzene rings is 1. The fourth-order valence-corrected chi connectivity index (χ4v) is 3.19. The van der Waals surface area contributed by atoms with Crippen molar-refractivity contribution in [1.29, 1.82) is 0 Å². The van der Waals surface area contributed by atoms with Crippen LogP contribution in [0.5, 0.6) is 0 Å². The lowest BCUT2D eigenvalue weighted by Crippen LogP contribution is -2.37. The summed E-state index contributed by atoms with van der Waals surface area (Å²) in [6, 6.07) is 8.77. The average molecular weight is 339 g/mol. The fraction of sp³-hybridized carbons (Fsp3) is 0.632. The van der Waals surface area contributed by atoms with Gasteiger partial charge in [0, 0.05) is 25.6 Å². The van der Waals surface area contributed by atoms with Crippen molar-refractivity contribution in [3.05, 3.63) is 35.4 Å². The third-order valence-corrected chi connectivity index (χ3v) is 5.02. The second-order valence-electron chi connectivity index (χ2n) is 7.00. The average Bonchev–Trinajstić information content (AvgIpc) is 2.74. The first-order valence-corrected chi connectivity index (χ1v) is 8.56. The van der Waals surface area contributed by atoms with Gasteiger partial charge in [-0.05, 0) is 49.1 Å². The Bertz CT molecular complexity index is 477. The van der Waals surface area contributed by atoms with Gasteiger partial charge in [0.05, 0.1) is 0 Å². The molecule has 1 amide bonds. The molecule has 0 bridgehead atoms. The van der Waals surface area contributed by atoms with E-state index in [-0.39, 0.29) is 24.4 Å². The zero-order valence-corrected chi connectivity index (χ0v) is 15.4. The van der Waals surface area contributed by atoms with Gasteiger partial charge in [0.25, 0.3) is 0 Å². The van der Waals surface area contributed by atoms with E-state index in [9.17, 15) is 4.79 Å². The summed E-state index contributed by atoms with van der Waals surface area (Å²) in [6.45, 7) is 5.03. The minimum atomic E-state index is 0. The highest BCUT2D eigenvalue weighted by Gasteiger charge is 2.25. The van der Waals surface area contributed by atoms with Crippen molar-refractivity contribution in [1.82, 2.24) is 4.90 Å². The Morgan fingerprint density at radius 3 is 2.22 bits per heavy atom. The van der Waals surface area contributed by atoms with Gasteiger partial charge in [-0.15, -0.1) is 12.4 Å². The van der Waals surface area contributed by atoms with E-state index >= 15 is 0 Å². The Labute approximate surface area is 147 Å². The topological polar surface area (TPSA) is 46.3 Å². The predicted octanol–water partition coefficient (Wildman–Crippen LogP) is 3.44. The molecule has 1 aliphatic rings. The van der Waals surface area contributed by atoms with Crippen LogP contribution in [0.1, 0.15) is 44.2 Å². The van der Waals surface area contributed by atoms with E-state index in [1.807, 2.05) is 11.9 Å². The van der Waals surface area contributed by atoms with Crippen molar-refractivity contribution >= 4 is 18.3 Å². The molecule has 4 heteroatoms. The van der Waals surface area contributed by atoms with E-state index < -0.39 is 0 Å². The monoisotopic (exact) mass is 338 g/mol. The molecule has 23 heavy (non-hydrogen) atoms. The van der Waals surface area contributed by atoms with E-state index in [2.05, 4.69) is 38.1 Å². The van der Waals surface area contributed by atoms with Gasteiger partial charge >= 0.3 is 0 Å². The standard InChI is InChI=1S/C19H30N2O.ClH/c1-14(2)18(20)12-13-21(3)19(22)17-10-8-15-6-4-5-7-16(15)9-11-17;/h4-7,14,17-18H,8-13,20H2,1-3H3;1H. The van der Waals surface area contributed by atoms with E-state index in [1.54, 1.807) is 0 Å². The van der Waals surface area contributed by atoms with Crippen LogP contribution < -0.4 is 5.73 Å². The van der Waals surface area contributed by atoms with Gasteiger partial charge in [0.15, 0.2) is 0 Å². The maximum Gasteiger partial charge on any atom is 0.225 e. The molecule has 1 atom stereocenters. The molecule has 2 N–H and O–H groups in total. The smallest absolute Gasteiger partial charge is 0.225 e. The maximum absolute atomic E-state index is 12.7. The summed E-state index contributed by atoms with van der Waals surface area (Å²) in [5, 5.41) is 0. The quantitative estimate of drug-likeness (QED) is 0.836. The molecule has 0 saturated carbocycles. The van der Waals surface area contributed by atoms with Crippen LogP contribution in [0.3, 0.4) is 0 Å². The molecule has 1 unspecified atom stereocenters. The van der Waals surface area contributed by atoms with E-state index in [1.165, 1.54) is 11.1 Å². The lowest BCUT2D eigenvalue weighted by Gasteiger charge is -2.25. The Morgan fingerprint density at radius 1 is 1.22 bits per heavy atom. The summed E-state index contributed by atoms with van der Waals surface area (Å²) >= 11 is 0. The van der Waals surface area contributed by atoms with Gasteiger partial charge in [0.1, 0.15) is 0 Å². The van der Waals surface area contributed by atoms with Crippen molar-refractivity contribution in [2.24, 2.45) is 17.6 Å². The summed E-state index contributed by atoms with van der Waals surface area (Å²) in [4.78, 5) is 14.6. The van der Waals surface area contributed by atoms with Crippen molar-refractivity contribution in [3.8, 4) is 0 Å². The molecule has 1 aliphatic carbocycles. The number of fused-ring (bicyclic) bond motifs is 1. The minimum Gasteiger partial charge on any atom is -0.345 e. The number of aryl methyl sites for hydroxylation is 2. The second-order valence-corrected chi connectivity index (χ2v) is 7.00. The van der Waals surface area contributed by atoms with Gasteiger partial charge in [-0.3, -0.25) is 4.79 Å². The SMILES string of the molecule is CC(C)C(N)CCN(C)C(=O)C1CCc2ccccc2CC1.Cl. The molecule has 0 heterocycles. The van der Waals surface area contributed by atoms with Crippen LogP contribution in [0.2, 0.25) is 0 Å². The first kappa shape index (κ1) is 20.0. The highest BCUT2D eigenvalue weighted by atomic mass is 35.5. The van der Waals surface area contributed by atoms with Gasteiger partial charge < -0.3 is 10.6 Å². The lowest BCUT2D eigenvalue weighted by molar-refractivity contribution is -0.134. The number of halogens is 1. The molecule has 0 aromatic heterocycles. The predicted molar refractivity (Wildman–Crippen MR) is 98.9 cm³/mol. The molecule has 0 aliphatic heterocycles. The number of carbonyl (C=O) groups excluding carboxylic acids is 1. The van der Waals surface area contributed by atoms with Crippen LogP contribution in [-0.4, -0.2) is 30.4 Å². The zero-order chi connectivity index (χ0) is 16.1. The number of hydrogen-bond acceptors (Lipinski definition) is 2. The number of hydrogen-bond donors (Lipinski definition) is 1.